The summed E-state index contributed by atoms with van der Waals surface area (Å²) in [6.07, 6.45) is 2.46. The van der Waals surface area contributed by atoms with Crippen molar-refractivity contribution in [2.24, 2.45) is 0 Å². The second kappa shape index (κ2) is 8.86. The van der Waals surface area contributed by atoms with Crippen LogP contribution in [0.1, 0.15) is 25.2 Å². The Bertz CT molecular complexity index is 935. The van der Waals surface area contributed by atoms with Gasteiger partial charge >= 0.3 is 0 Å². The van der Waals surface area contributed by atoms with E-state index < -0.39 is 0 Å². The van der Waals surface area contributed by atoms with Gasteiger partial charge in [-0.15, -0.1) is 0 Å². The molecule has 4 rings (SSSR count). The summed E-state index contributed by atoms with van der Waals surface area (Å²) in [5.41, 5.74) is 0.674. The number of likely N-dealkylation sites (tertiary alicyclic amines) is 1. The molecule has 150 valence electrons. The number of aromatic nitrogens is 2. The standard InChI is InChI=1S/C22H22FN3O3/c23-17-8-6-16(7-9-17)22-24-20(29-25-22)10-11-21(27)26-14-12-19(13-15-26)28-18-4-2-1-3-5-18/h1-9,19H,10-15H2. The number of benzene rings is 2. The van der Waals surface area contributed by atoms with Gasteiger partial charge in [0.1, 0.15) is 17.7 Å². The summed E-state index contributed by atoms with van der Waals surface area (Å²) in [6, 6.07) is 15.6. The molecule has 1 amide bonds. The zero-order chi connectivity index (χ0) is 20.1. The fourth-order valence-corrected chi connectivity index (χ4v) is 3.36. The van der Waals surface area contributed by atoms with Crippen molar-refractivity contribution in [3.8, 4) is 17.1 Å². The molecule has 0 atom stereocenters. The molecule has 1 aliphatic rings. The first-order valence-electron chi connectivity index (χ1n) is 9.75. The number of hydrogen-bond acceptors (Lipinski definition) is 5. The summed E-state index contributed by atoms with van der Waals surface area (Å²) in [5, 5.41) is 3.91. The fraction of sp³-hybridized carbons (Fsp3) is 0.318. The van der Waals surface area contributed by atoms with Crippen LogP contribution in [0.25, 0.3) is 11.4 Å². The highest BCUT2D eigenvalue weighted by Crippen LogP contribution is 2.20. The van der Waals surface area contributed by atoms with E-state index >= 15 is 0 Å². The Labute approximate surface area is 168 Å². The Kier molecular flexibility index (Phi) is 5.84. The Morgan fingerprint density at radius 1 is 1.10 bits per heavy atom. The number of nitrogens with zero attached hydrogens (tertiary/aromatic N) is 3. The second-order valence-electron chi connectivity index (χ2n) is 7.03. The summed E-state index contributed by atoms with van der Waals surface area (Å²) in [7, 11) is 0. The van der Waals surface area contributed by atoms with Gasteiger partial charge in [0.05, 0.1) is 0 Å². The molecule has 3 aromatic rings. The van der Waals surface area contributed by atoms with Crippen molar-refractivity contribution in [2.45, 2.75) is 31.8 Å². The molecular weight excluding hydrogens is 373 g/mol. The van der Waals surface area contributed by atoms with Crippen LogP contribution in [0.3, 0.4) is 0 Å². The summed E-state index contributed by atoms with van der Waals surface area (Å²) < 4.78 is 24.2. The molecule has 2 aromatic carbocycles. The van der Waals surface area contributed by atoms with E-state index in [1.807, 2.05) is 35.2 Å². The van der Waals surface area contributed by atoms with Gasteiger partial charge in [0, 0.05) is 44.3 Å². The molecule has 0 unspecified atom stereocenters. The van der Waals surface area contributed by atoms with Crippen LogP contribution in [0, 0.1) is 5.82 Å². The third-order valence-electron chi connectivity index (χ3n) is 4.96. The number of hydrogen-bond donors (Lipinski definition) is 0. The third kappa shape index (κ3) is 4.99. The molecule has 0 spiro atoms. The molecule has 1 fully saturated rings. The Morgan fingerprint density at radius 3 is 2.55 bits per heavy atom. The van der Waals surface area contributed by atoms with Gasteiger partial charge in [-0.1, -0.05) is 23.4 Å². The largest absolute Gasteiger partial charge is 0.490 e. The first kappa shape index (κ1) is 19.1. The summed E-state index contributed by atoms with van der Waals surface area (Å²) in [5.74, 6) is 1.42. The number of piperidine rings is 1. The third-order valence-corrected chi connectivity index (χ3v) is 4.96. The van der Waals surface area contributed by atoms with Crippen LogP contribution in [0.5, 0.6) is 5.75 Å². The topological polar surface area (TPSA) is 68.5 Å². The maximum absolute atomic E-state index is 13.0. The van der Waals surface area contributed by atoms with Crippen LogP contribution in [0.2, 0.25) is 0 Å². The van der Waals surface area contributed by atoms with Crippen molar-refractivity contribution >= 4 is 5.91 Å². The van der Waals surface area contributed by atoms with Crippen LogP contribution >= 0.6 is 0 Å². The molecule has 0 bridgehead atoms. The van der Waals surface area contributed by atoms with Gasteiger partial charge in [-0.2, -0.15) is 4.98 Å². The summed E-state index contributed by atoms with van der Waals surface area (Å²) >= 11 is 0. The van der Waals surface area contributed by atoms with E-state index in [1.165, 1.54) is 12.1 Å². The Morgan fingerprint density at radius 2 is 1.83 bits per heavy atom. The molecule has 6 nitrogen and oxygen atoms in total. The van der Waals surface area contributed by atoms with Gasteiger partial charge in [0.25, 0.3) is 0 Å². The van der Waals surface area contributed by atoms with Gasteiger partial charge < -0.3 is 14.2 Å². The number of rotatable bonds is 6. The van der Waals surface area contributed by atoms with Crippen molar-refractivity contribution in [3.05, 3.63) is 66.3 Å². The van der Waals surface area contributed by atoms with Gasteiger partial charge in [-0.05, 0) is 36.4 Å². The molecule has 7 heteroatoms. The molecule has 1 aliphatic heterocycles. The molecule has 1 aromatic heterocycles. The normalized spacial score (nSPS) is 14.7. The van der Waals surface area contributed by atoms with Crippen molar-refractivity contribution in [1.82, 2.24) is 15.0 Å². The molecule has 1 saturated heterocycles. The summed E-state index contributed by atoms with van der Waals surface area (Å²) in [6.45, 7) is 1.36. The number of carbonyl (C=O) groups is 1. The highest BCUT2D eigenvalue weighted by atomic mass is 19.1. The lowest BCUT2D eigenvalue weighted by Gasteiger charge is -2.32. The van der Waals surface area contributed by atoms with E-state index in [4.69, 9.17) is 9.26 Å². The van der Waals surface area contributed by atoms with Crippen molar-refractivity contribution < 1.29 is 18.4 Å². The van der Waals surface area contributed by atoms with E-state index in [2.05, 4.69) is 10.1 Å². The molecule has 0 N–H and O–H groups in total. The van der Waals surface area contributed by atoms with Gasteiger partial charge in [0.2, 0.25) is 17.6 Å². The lowest BCUT2D eigenvalue weighted by Crippen LogP contribution is -2.41. The first-order valence-corrected chi connectivity index (χ1v) is 9.75. The van der Waals surface area contributed by atoms with Gasteiger partial charge in [0.15, 0.2) is 0 Å². The molecular formula is C22H22FN3O3. The first-order chi connectivity index (χ1) is 14.2. The van der Waals surface area contributed by atoms with E-state index in [9.17, 15) is 9.18 Å². The number of carbonyl (C=O) groups excluding carboxylic acids is 1. The van der Waals surface area contributed by atoms with Crippen LogP contribution in [0.15, 0.2) is 59.1 Å². The SMILES string of the molecule is O=C(CCc1nc(-c2ccc(F)cc2)no1)N1CCC(Oc2ccccc2)CC1. The number of para-hydroxylation sites is 1. The second-order valence-corrected chi connectivity index (χ2v) is 7.03. The average molecular weight is 395 g/mol. The molecule has 2 heterocycles. The van der Waals surface area contributed by atoms with E-state index in [1.54, 1.807) is 12.1 Å². The van der Waals surface area contributed by atoms with Crippen molar-refractivity contribution in [1.29, 1.82) is 0 Å². The maximum atomic E-state index is 13.0. The van der Waals surface area contributed by atoms with E-state index in [-0.39, 0.29) is 17.8 Å². The smallest absolute Gasteiger partial charge is 0.227 e. The lowest BCUT2D eigenvalue weighted by atomic mass is 10.1. The van der Waals surface area contributed by atoms with E-state index in [0.29, 0.717) is 43.2 Å². The van der Waals surface area contributed by atoms with E-state index in [0.717, 1.165) is 18.6 Å². The molecule has 0 saturated carbocycles. The minimum atomic E-state index is -0.319. The number of ether oxygens (including phenoxy) is 1. The predicted molar refractivity (Wildman–Crippen MR) is 105 cm³/mol. The fourth-order valence-electron chi connectivity index (χ4n) is 3.36. The van der Waals surface area contributed by atoms with Crippen LogP contribution < -0.4 is 4.74 Å². The van der Waals surface area contributed by atoms with Crippen molar-refractivity contribution in [3.63, 3.8) is 0 Å². The molecule has 29 heavy (non-hydrogen) atoms. The minimum absolute atomic E-state index is 0.0738. The number of amides is 1. The minimum Gasteiger partial charge on any atom is -0.490 e. The van der Waals surface area contributed by atoms with Crippen molar-refractivity contribution in [2.75, 3.05) is 13.1 Å². The Hall–Kier alpha value is -3.22. The molecule has 0 aliphatic carbocycles. The zero-order valence-electron chi connectivity index (χ0n) is 16.0. The summed E-state index contributed by atoms with van der Waals surface area (Å²) in [4.78, 5) is 18.7. The number of halogens is 1. The predicted octanol–water partition coefficient (Wildman–Crippen LogP) is 3.88. The van der Waals surface area contributed by atoms with Gasteiger partial charge in [-0.25, -0.2) is 4.39 Å². The maximum Gasteiger partial charge on any atom is 0.227 e. The number of aryl methyl sites for hydroxylation is 1. The Balaban J connectivity index is 1.24. The highest BCUT2D eigenvalue weighted by molar-refractivity contribution is 5.76. The van der Waals surface area contributed by atoms with Crippen LogP contribution in [0.4, 0.5) is 4.39 Å². The average Bonchev–Trinajstić information content (AvgIpc) is 3.23. The highest BCUT2D eigenvalue weighted by Gasteiger charge is 2.24. The van der Waals surface area contributed by atoms with Gasteiger partial charge in [-0.3, -0.25) is 4.79 Å². The molecule has 0 radical (unpaired) electrons. The lowest BCUT2D eigenvalue weighted by molar-refractivity contribution is -0.133. The zero-order valence-corrected chi connectivity index (χ0v) is 16.0. The monoisotopic (exact) mass is 395 g/mol. The quantitative estimate of drug-likeness (QED) is 0.634. The van der Waals surface area contributed by atoms with Crippen LogP contribution in [-0.2, 0) is 11.2 Å². The van der Waals surface area contributed by atoms with Crippen LogP contribution in [-0.4, -0.2) is 40.1 Å².